The van der Waals surface area contributed by atoms with E-state index in [1.54, 1.807) is 12.1 Å². The molecule has 1 aliphatic rings. The van der Waals surface area contributed by atoms with Gasteiger partial charge >= 0.3 is 0 Å². The van der Waals surface area contributed by atoms with E-state index in [0.29, 0.717) is 17.3 Å². The lowest BCUT2D eigenvalue weighted by Crippen LogP contribution is -2.18. The van der Waals surface area contributed by atoms with Crippen LogP contribution in [0.3, 0.4) is 0 Å². The molecule has 1 atom stereocenters. The number of ether oxygens (including phenoxy) is 1. The molecule has 1 aromatic rings. The van der Waals surface area contributed by atoms with Crippen LogP contribution in [-0.4, -0.2) is 19.3 Å². The first-order valence-corrected chi connectivity index (χ1v) is 4.93. The lowest BCUT2D eigenvalue weighted by Gasteiger charge is -2.12. The molecule has 1 saturated heterocycles. The third kappa shape index (κ3) is 2.20. The van der Waals surface area contributed by atoms with Gasteiger partial charge in [-0.15, -0.1) is 0 Å². The highest BCUT2D eigenvalue weighted by atomic mass is 16.5. The number of hydrogen-bond donors (Lipinski definition) is 2. The monoisotopic (exact) mass is 203 g/mol. The number of nitrogens with two attached hydrogens (primary N) is 1. The molecule has 0 amide bonds. The van der Waals surface area contributed by atoms with Gasteiger partial charge in [-0.2, -0.15) is 5.26 Å². The summed E-state index contributed by atoms with van der Waals surface area (Å²) in [7, 11) is 0. The van der Waals surface area contributed by atoms with E-state index in [0.717, 1.165) is 25.3 Å². The van der Waals surface area contributed by atoms with Crippen molar-refractivity contribution in [1.29, 1.82) is 5.26 Å². The topological polar surface area (TPSA) is 71.1 Å². The summed E-state index contributed by atoms with van der Waals surface area (Å²) < 4.78 is 5.26. The lowest BCUT2D eigenvalue weighted by atomic mass is 10.1. The fraction of sp³-hybridized carbons (Fsp3) is 0.364. The van der Waals surface area contributed by atoms with Crippen molar-refractivity contribution in [1.82, 2.24) is 0 Å². The molecule has 4 heteroatoms. The van der Waals surface area contributed by atoms with Crippen LogP contribution in [0.15, 0.2) is 18.2 Å². The molecular weight excluding hydrogens is 190 g/mol. The maximum Gasteiger partial charge on any atom is 0.101 e. The number of nitrogens with one attached hydrogen (secondary N) is 1. The number of rotatable bonds is 2. The zero-order valence-corrected chi connectivity index (χ0v) is 8.36. The van der Waals surface area contributed by atoms with Crippen LogP contribution < -0.4 is 11.1 Å². The normalized spacial score (nSPS) is 19.8. The molecule has 1 aliphatic heterocycles. The Bertz CT molecular complexity index is 391. The Labute approximate surface area is 88.6 Å². The van der Waals surface area contributed by atoms with Gasteiger partial charge in [-0.3, -0.25) is 0 Å². The van der Waals surface area contributed by atoms with Crippen molar-refractivity contribution in [2.45, 2.75) is 12.5 Å². The number of nitrogen functional groups attached to an aromatic ring is 1. The minimum Gasteiger partial charge on any atom is -0.398 e. The summed E-state index contributed by atoms with van der Waals surface area (Å²) in [4.78, 5) is 0. The molecular formula is C11H13N3O. The third-order valence-corrected chi connectivity index (χ3v) is 2.47. The van der Waals surface area contributed by atoms with Gasteiger partial charge in [0, 0.05) is 12.3 Å². The van der Waals surface area contributed by atoms with E-state index < -0.39 is 0 Å². The van der Waals surface area contributed by atoms with Crippen LogP contribution >= 0.6 is 0 Å². The van der Waals surface area contributed by atoms with Crippen LogP contribution in [0.5, 0.6) is 0 Å². The second kappa shape index (κ2) is 4.20. The van der Waals surface area contributed by atoms with Gasteiger partial charge in [-0.25, -0.2) is 0 Å². The van der Waals surface area contributed by atoms with Gasteiger partial charge in [0.2, 0.25) is 0 Å². The molecule has 0 spiro atoms. The van der Waals surface area contributed by atoms with E-state index in [2.05, 4.69) is 5.32 Å². The number of nitriles is 1. The molecule has 0 radical (unpaired) electrons. The fourth-order valence-corrected chi connectivity index (χ4v) is 1.64. The van der Waals surface area contributed by atoms with Crippen LogP contribution in [0.4, 0.5) is 11.4 Å². The smallest absolute Gasteiger partial charge is 0.101 e. The predicted octanol–water partition coefficient (Wildman–Crippen LogP) is 1.34. The Morgan fingerprint density at radius 1 is 1.53 bits per heavy atom. The molecule has 1 unspecified atom stereocenters. The Kier molecular flexibility index (Phi) is 2.75. The third-order valence-electron chi connectivity index (χ3n) is 2.47. The predicted molar refractivity (Wildman–Crippen MR) is 58.4 cm³/mol. The van der Waals surface area contributed by atoms with Gasteiger partial charge in [0.1, 0.15) is 6.07 Å². The van der Waals surface area contributed by atoms with Gasteiger partial charge in [0.15, 0.2) is 0 Å². The van der Waals surface area contributed by atoms with Crippen molar-refractivity contribution in [3.63, 3.8) is 0 Å². The molecule has 0 aliphatic carbocycles. The maximum atomic E-state index is 8.72. The Balaban J connectivity index is 2.09. The molecule has 1 fully saturated rings. The zero-order chi connectivity index (χ0) is 10.7. The first kappa shape index (κ1) is 9.81. The Morgan fingerprint density at radius 2 is 2.40 bits per heavy atom. The van der Waals surface area contributed by atoms with E-state index in [1.807, 2.05) is 12.1 Å². The van der Waals surface area contributed by atoms with Gasteiger partial charge in [0.25, 0.3) is 0 Å². The van der Waals surface area contributed by atoms with E-state index in [1.165, 1.54) is 0 Å². The SMILES string of the molecule is N#Cc1ccc(NC2CCOC2)cc1N. The van der Waals surface area contributed by atoms with Gasteiger partial charge < -0.3 is 15.8 Å². The van der Waals surface area contributed by atoms with Gasteiger partial charge in [-0.1, -0.05) is 0 Å². The number of hydrogen-bond acceptors (Lipinski definition) is 4. The van der Waals surface area contributed by atoms with E-state index in [-0.39, 0.29) is 0 Å². The number of benzene rings is 1. The maximum absolute atomic E-state index is 8.72. The minimum atomic E-state index is 0.359. The standard InChI is InChI=1S/C11H13N3O/c12-6-8-1-2-9(5-11(8)13)14-10-3-4-15-7-10/h1-2,5,10,14H,3-4,7,13H2. The van der Waals surface area contributed by atoms with Crippen LogP contribution in [0.2, 0.25) is 0 Å². The molecule has 2 rings (SSSR count). The number of anilines is 2. The van der Waals surface area contributed by atoms with Crippen molar-refractivity contribution >= 4 is 11.4 Å². The molecule has 0 bridgehead atoms. The van der Waals surface area contributed by atoms with Crippen molar-refractivity contribution in [2.75, 3.05) is 24.3 Å². The van der Waals surface area contributed by atoms with Crippen molar-refractivity contribution in [3.8, 4) is 6.07 Å². The second-order valence-corrected chi connectivity index (χ2v) is 3.62. The first-order valence-electron chi connectivity index (χ1n) is 4.93. The first-order chi connectivity index (χ1) is 7.29. The van der Waals surface area contributed by atoms with Crippen molar-refractivity contribution in [2.24, 2.45) is 0 Å². The van der Waals surface area contributed by atoms with Crippen LogP contribution in [0.25, 0.3) is 0 Å². The van der Waals surface area contributed by atoms with E-state index >= 15 is 0 Å². The van der Waals surface area contributed by atoms with E-state index in [9.17, 15) is 0 Å². The molecule has 0 saturated carbocycles. The van der Waals surface area contributed by atoms with Gasteiger partial charge in [0.05, 0.1) is 23.9 Å². The zero-order valence-electron chi connectivity index (χ0n) is 8.36. The number of nitrogens with zero attached hydrogens (tertiary/aromatic N) is 1. The Morgan fingerprint density at radius 3 is 3.00 bits per heavy atom. The fourth-order valence-electron chi connectivity index (χ4n) is 1.64. The molecule has 1 heterocycles. The summed E-state index contributed by atoms with van der Waals surface area (Å²) >= 11 is 0. The summed E-state index contributed by atoms with van der Waals surface area (Å²) in [6.07, 6.45) is 1.01. The van der Waals surface area contributed by atoms with Crippen LogP contribution in [0.1, 0.15) is 12.0 Å². The summed E-state index contributed by atoms with van der Waals surface area (Å²) in [5.41, 5.74) is 7.69. The highest BCUT2D eigenvalue weighted by Gasteiger charge is 2.15. The lowest BCUT2D eigenvalue weighted by molar-refractivity contribution is 0.195. The largest absolute Gasteiger partial charge is 0.398 e. The quantitative estimate of drug-likeness (QED) is 0.711. The van der Waals surface area contributed by atoms with E-state index in [4.69, 9.17) is 15.7 Å². The molecule has 15 heavy (non-hydrogen) atoms. The molecule has 3 N–H and O–H groups in total. The van der Waals surface area contributed by atoms with Gasteiger partial charge in [-0.05, 0) is 24.6 Å². The average molecular weight is 203 g/mol. The molecule has 78 valence electrons. The summed E-state index contributed by atoms with van der Waals surface area (Å²) in [5.74, 6) is 0. The average Bonchev–Trinajstić information content (AvgIpc) is 2.71. The summed E-state index contributed by atoms with van der Waals surface area (Å²) in [5, 5.41) is 12.0. The Hall–Kier alpha value is -1.73. The molecule has 0 aromatic heterocycles. The summed E-state index contributed by atoms with van der Waals surface area (Å²) in [6.45, 7) is 1.54. The molecule has 1 aromatic carbocycles. The summed E-state index contributed by atoms with van der Waals surface area (Å²) in [6, 6.07) is 7.78. The highest BCUT2D eigenvalue weighted by Crippen LogP contribution is 2.19. The van der Waals surface area contributed by atoms with Crippen molar-refractivity contribution in [3.05, 3.63) is 23.8 Å². The molecule has 4 nitrogen and oxygen atoms in total. The highest BCUT2D eigenvalue weighted by molar-refractivity contribution is 5.62. The second-order valence-electron chi connectivity index (χ2n) is 3.62. The van der Waals surface area contributed by atoms with Crippen LogP contribution in [-0.2, 0) is 4.74 Å². The van der Waals surface area contributed by atoms with Crippen molar-refractivity contribution < 1.29 is 4.74 Å². The van der Waals surface area contributed by atoms with Crippen LogP contribution in [0, 0.1) is 11.3 Å². The minimum absolute atomic E-state index is 0.359.